The van der Waals surface area contributed by atoms with Gasteiger partial charge in [-0.3, -0.25) is 0 Å². The summed E-state index contributed by atoms with van der Waals surface area (Å²) < 4.78 is 0. The van der Waals surface area contributed by atoms with Crippen LogP contribution in [0.15, 0.2) is 18.2 Å². The summed E-state index contributed by atoms with van der Waals surface area (Å²) in [5.74, 6) is 0.769. The van der Waals surface area contributed by atoms with Gasteiger partial charge in [0.25, 0.3) is 0 Å². The maximum Gasteiger partial charge on any atom is 0.0316 e. The third kappa shape index (κ3) is 3.47. The fourth-order valence-electron chi connectivity index (χ4n) is 2.48. The molecule has 3 N–H and O–H groups in total. The van der Waals surface area contributed by atoms with Crippen molar-refractivity contribution < 1.29 is 0 Å². The number of anilines is 1. The summed E-state index contributed by atoms with van der Waals surface area (Å²) >= 11 is 0. The summed E-state index contributed by atoms with van der Waals surface area (Å²) in [7, 11) is 0. The second-order valence-electron chi connectivity index (χ2n) is 6.27. The van der Waals surface area contributed by atoms with Crippen LogP contribution in [0.25, 0.3) is 0 Å². The van der Waals surface area contributed by atoms with Gasteiger partial charge >= 0.3 is 0 Å². The Morgan fingerprint density at radius 3 is 2.76 bits per heavy atom. The third-order valence-electron chi connectivity index (χ3n) is 3.48. The van der Waals surface area contributed by atoms with E-state index in [1.165, 1.54) is 30.4 Å². The summed E-state index contributed by atoms with van der Waals surface area (Å²) in [4.78, 5) is 0. The van der Waals surface area contributed by atoms with Crippen LogP contribution in [-0.4, -0.2) is 12.1 Å². The quantitative estimate of drug-likeness (QED) is 0.769. The van der Waals surface area contributed by atoms with Crippen molar-refractivity contribution in [1.29, 1.82) is 0 Å². The first-order valence-electron chi connectivity index (χ1n) is 6.56. The zero-order valence-corrected chi connectivity index (χ0v) is 11.2. The molecule has 0 heterocycles. The van der Waals surface area contributed by atoms with E-state index < -0.39 is 0 Å². The monoisotopic (exact) mass is 232 g/mol. The smallest absolute Gasteiger partial charge is 0.0316 e. The van der Waals surface area contributed by atoms with Crippen LogP contribution in [0.2, 0.25) is 0 Å². The second-order valence-corrected chi connectivity index (χ2v) is 6.27. The molecule has 1 unspecified atom stereocenters. The lowest BCUT2D eigenvalue weighted by molar-refractivity contribution is 0.349. The molecule has 1 aromatic carbocycles. The normalized spacial score (nSPS) is 20.1. The summed E-state index contributed by atoms with van der Waals surface area (Å²) in [5, 5.41) is 3.61. The van der Waals surface area contributed by atoms with Crippen molar-refractivity contribution in [1.82, 2.24) is 5.32 Å². The van der Waals surface area contributed by atoms with E-state index in [9.17, 15) is 0 Å². The van der Waals surface area contributed by atoms with E-state index in [4.69, 9.17) is 5.73 Å². The SMILES string of the molecule is CC(C)(C)NCC1CCc2cc(N)ccc2C1. The molecule has 0 bridgehead atoms. The molecule has 1 aliphatic rings. The minimum absolute atomic E-state index is 0.224. The lowest BCUT2D eigenvalue weighted by Crippen LogP contribution is -2.40. The van der Waals surface area contributed by atoms with Crippen LogP contribution in [0.1, 0.15) is 38.3 Å². The van der Waals surface area contributed by atoms with E-state index in [1.807, 2.05) is 6.07 Å². The van der Waals surface area contributed by atoms with Gasteiger partial charge in [-0.15, -0.1) is 0 Å². The van der Waals surface area contributed by atoms with Crippen molar-refractivity contribution in [3.8, 4) is 0 Å². The maximum atomic E-state index is 5.82. The predicted octanol–water partition coefficient (Wildman–Crippen LogP) is 2.76. The zero-order valence-electron chi connectivity index (χ0n) is 11.2. The molecule has 0 aliphatic heterocycles. The fraction of sp³-hybridized carbons (Fsp3) is 0.600. The Kier molecular flexibility index (Phi) is 3.43. The molecule has 1 aromatic rings. The highest BCUT2D eigenvalue weighted by molar-refractivity contribution is 5.45. The average molecular weight is 232 g/mol. The molecule has 0 saturated carbocycles. The number of benzene rings is 1. The van der Waals surface area contributed by atoms with Gasteiger partial charge in [-0.1, -0.05) is 6.07 Å². The van der Waals surface area contributed by atoms with Gasteiger partial charge in [-0.2, -0.15) is 0 Å². The highest BCUT2D eigenvalue weighted by Gasteiger charge is 2.20. The molecule has 0 saturated heterocycles. The fourth-order valence-corrected chi connectivity index (χ4v) is 2.48. The van der Waals surface area contributed by atoms with Crippen LogP contribution in [0, 0.1) is 5.92 Å². The summed E-state index contributed by atoms with van der Waals surface area (Å²) in [6.07, 6.45) is 3.65. The van der Waals surface area contributed by atoms with Crippen LogP contribution in [0.4, 0.5) is 5.69 Å². The van der Waals surface area contributed by atoms with E-state index >= 15 is 0 Å². The van der Waals surface area contributed by atoms with Gasteiger partial charge in [0, 0.05) is 11.2 Å². The van der Waals surface area contributed by atoms with Crippen LogP contribution >= 0.6 is 0 Å². The molecule has 2 nitrogen and oxygen atoms in total. The maximum absolute atomic E-state index is 5.82. The molecular formula is C15H24N2. The van der Waals surface area contributed by atoms with Crippen molar-refractivity contribution in [2.24, 2.45) is 5.92 Å². The highest BCUT2D eigenvalue weighted by atomic mass is 14.9. The van der Waals surface area contributed by atoms with Crippen molar-refractivity contribution in [2.45, 2.75) is 45.6 Å². The second kappa shape index (κ2) is 4.69. The Bertz CT molecular complexity index is 390. The van der Waals surface area contributed by atoms with E-state index in [0.717, 1.165) is 18.2 Å². The molecule has 1 aliphatic carbocycles. The number of nitrogen functional groups attached to an aromatic ring is 1. The van der Waals surface area contributed by atoms with Gasteiger partial charge in [-0.25, -0.2) is 0 Å². The molecule has 0 amide bonds. The van der Waals surface area contributed by atoms with Crippen LogP contribution in [0.5, 0.6) is 0 Å². The van der Waals surface area contributed by atoms with Crippen molar-refractivity contribution >= 4 is 5.69 Å². The first-order chi connectivity index (χ1) is 7.94. The van der Waals surface area contributed by atoms with Gasteiger partial charge in [0.1, 0.15) is 0 Å². The van der Waals surface area contributed by atoms with Crippen LogP contribution < -0.4 is 11.1 Å². The lowest BCUT2D eigenvalue weighted by Gasteiger charge is -2.29. The van der Waals surface area contributed by atoms with Gasteiger partial charge in [0.05, 0.1) is 0 Å². The number of nitrogens with two attached hydrogens (primary N) is 1. The van der Waals surface area contributed by atoms with Crippen molar-refractivity contribution in [3.05, 3.63) is 29.3 Å². The average Bonchev–Trinajstić information content (AvgIpc) is 2.25. The number of hydrogen-bond donors (Lipinski definition) is 2. The van der Waals surface area contributed by atoms with Gasteiger partial charge in [-0.05, 0) is 75.8 Å². The Morgan fingerprint density at radius 1 is 1.29 bits per heavy atom. The Morgan fingerprint density at radius 2 is 2.06 bits per heavy atom. The molecule has 17 heavy (non-hydrogen) atoms. The van der Waals surface area contributed by atoms with Crippen molar-refractivity contribution in [2.75, 3.05) is 12.3 Å². The van der Waals surface area contributed by atoms with Gasteiger partial charge < -0.3 is 11.1 Å². The van der Waals surface area contributed by atoms with Crippen LogP contribution in [-0.2, 0) is 12.8 Å². The largest absolute Gasteiger partial charge is 0.399 e. The molecule has 94 valence electrons. The Balaban J connectivity index is 1.97. The first-order valence-corrected chi connectivity index (χ1v) is 6.56. The molecule has 0 radical (unpaired) electrons. The topological polar surface area (TPSA) is 38.0 Å². The van der Waals surface area contributed by atoms with E-state index in [1.54, 1.807) is 0 Å². The van der Waals surface area contributed by atoms with E-state index in [2.05, 4.69) is 38.2 Å². The standard InChI is InChI=1S/C15H24N2/c1-15(2,3)17-10-11-4-5-13-9-14(16)7-6-12(13)8-11/h6-7,9,11,17H,4-5,8,10,16H2,1-3H3. The number of nitrogens with one attached hydrogen (secondary N) is 1. The molecule has 2 rings (SSSR count). The number of hydrogen-bond acceptors (Lipinski definition) is 2. The lowest BCUT2D eigenvalue weighted by atomic mass is 9.83. The third-order valence-corrected chi connectivity index (χ3v) is 3.48. The predicted molar refractivity (Wildman–Crippen MR) is 74.1 cm³/mol. The molecule has 1 atom stereocenters. The van der Waals surface area contributed by atoms with E-state index in [-0.39, 0.29) is 5.54 Å². The number of fused-ring (bicyclic) bond motifs is 1. The Labute approximate surface area is 105 Å². The number of rotatable bonds is 2. The number of aryl methyl sites for hydroxylation is 1. The van der Waals surface area contributed by atoms with Crippen LogP contribution in [0.3, 0.4) is 0 Å². The minimum atomic E-state index is 0.224. The van der Waals surface area contributed by atoms with E-state index in [0.29, 0.717) is 0 Å². The first kappa shape index (κ1) is 12.4. The Hall–Kier alpha value is -1.02. The molecular weight excluding hydrogens is 208 g/mol. The van der Waals surface area contributed by atoms with Gasteiger partial charge in [0.15, 0.2) is 0 Å². The molecule has 0 aromatic heterocycles. The summed E-state index contributed by atoms with van der Waals surface area (Å²) in [6, 6.07) is 6.37. The molecule has 0 spiro atoms. The molecule has 2 heteroatoms. The zero-order chi connectivity index (χ0) is 12.5. The summed E-state index contributed by atoms with van der Waals surface area (Å²) in [6.45, 7) is 7.80. The molecule has 0 fully saturated rings. The summed E-state index contributed by atoms with van der Waals surface area (Å²) in [5.41, 5.74) is 9.89. The van der Waals surface area contributed by atoms with Gasteiger partial charge in [0.2, 0.25) is 0 Å². The highest BCUT2D eigenvalue weighted by Crippen LogP contribution is 2.27. The minimum Gasteiger partial charge on any atom is -0.399 e. The van der Waals surface area contributed by atoms with Crippen molar-refractivity contribution in [3.63, 3.8) is 0 Å².